The highest BCUT2D eigenvalue weighted by molar-refractivity contribution is 14.1. The van der Waals surface area contributed by atoms with Gasteiger partial charge in [-0.3, -0.25) is 0 Å². The quantitative estimate of drug-likeness (QED) is 0.230. The van der Waals surface area contributed by atoms with Crippen LogP contribution in [0.1, 0.15) is 6.42 Å². The molecule has 0 aromatic heterocycles. The number of ether oxygens (including phenoxy) is 1. The smallest absolute Gasteiger partial charge is 0.431 e. The molecule has 0 bridgehead atoms. The summed E-state index contributed by atoms with van der Waals surface area (Å²) in [4.78, 5) is 0. The molecule has 1 aliphatic heterocycles. The Labute approximate surface area is 214 Å². The minimum Gasteiger partial charge on any atom is -0.493 e. The van der Waals surface area contributed by atoms with Gasteiger partial charge in [-0.1, -0.05) is 64.6 Å². The standard InChI is InChI=1S/C24H24ClF4IN2O2/c25-15-6-4-13(5-7-15)21-22(31-32-23(21)24(27,28)29)17-9-8-16(10-20(17)33)34-12-18-14(11-30)2-1-3-19(18)26/h1-4,6-10,13-14,17-18,20-22,31,33H,5,11-12H2. The number of rotatable bonds is 6. The molecule has 1 heterocycles. The SMILES string of the molecule is OC1C=C(OCC2C(F)=CC=CC2CI)C=CC1C1NN=C(C(F)(F)F)C1C1C=CC(Cl)=CC1. The molecule has 4 aliphatic rings. The summed E-state index contributed by atoms with van der Waals surface area (Å²) in [6.07, 6.45) is 9.36. The summed E-state index contributed by atoms with van der Waals surface area (Å²) in [5.74, 6) is -2.44. The van der Waals surface area contributed by atoms with Crippen LogP contribution in [-0.4, -0.2) is 40.2 Å². The molecule has 0 fully saturated rings. The van der Waals surface area contributed by atoms with Gasteiger partial charge in [-0.05, 0) is 42.6 Å². The molecule has 0 aromatic rings. The Morgan fingerprint density at radius 2 is 2.03 bits per heavy atom. The Hall–Kier alpha value is -1.59. The lowest BCUT2D eigenvalue weighted by atomic mass is 9.73. The summed E-state index contributed by atoms with van der Waals surface area (Å²) in [5, 5.41) is 14.9. The van der Waals surface area contributed by atoms with Crippen molar-refractivity contribution < 1.29 is 27.4 Å². The van der Waals surface area contributed by atoms with Crippen LogP contribution in [0.5, 0.6) is 0 Å². The van der Waals surface area contributed by atoms with Crippen LogP contribution in [0, 0.1) is 29.6 Å². The Kier molecular flexibility index (Phi) is 7.93. The highest BCUT2D eigenvalue weighted by atomic mass is 127. The third-order valence-corrected chi connectivity index (χ3v) is 7.89. The van der Waals surface area contributed by atoms with Crippen LogP contribution < -0.4 is 5.43 Å². The van der Waals surface area contributed by atoms with Crippen molar-refractivity contribution in [2.75, 3.05) is 11.0 Å². The maximum absolute atomic E-state index is 14.3. The van der Waals surface area contributed by atoms with E-state index in [0.29, 0.717) is 17.2 Å². The number of nitrogens with one attached hydrogen (secondary N) is 1. The molecule has 184 valence electrons. The first-order chi connectivity index (χ1) is 16.2. The predicted octanol–water partition coefficient (Wildman–Crippen LogP) is 5.73. The van der Waals surface area contributed by atoms with E-state index in [2.05, 4.69) is 33.1 Å². The Balaban J connectivity index is 1.46. The first-order valence-electron chi connectivity index (χ1n) is 10.9. The molecule has 0 aromatic carbocycles. The van der Waals surface area contributed by atoms with Crippen molar-refractivity contribution in [3.63, 3.8) is 0 Å². The number of aliphatic hydroxyl groups excluding tert-OH is 1. The van der Waals surface area contributed by atoms with E-state index in [4.69, 9.17) is 16.3 Å². The minimum atomic E-state index is -4.60. The largest absolute Gasteiger partial charge is 0.493 e. The minimum absolute atomic E-state index is 0.00364. The van der Waals surface area contributed by atoms with Gasteiger partial charge < -0.3 is 15.3 Å². The first-order valence-corrected chi connectivity index (χ1v) is 12.8. The number of alkyl halides is 4. The highest BCUT2D eigenvalue weighted by Crippen LogP contribution is 2.40. The third kappa shape index (κ3) is 5.46. The summed E-state index contributed by atoms with van der Waals surface area (Å²) in [5.41, 5.74) is 1.74. The Morgan fingerprint density at radius 3 is 2.68 bits per heavy atom. The van der Waals surface area contributed by atoms with E-state index >= 15 is 0 Å². The van der Waals surface area contributed by atoms with E-state index in [-0.39, 0.29) is 18.4 Å². The lowest BCUT2D eigenvalue weighted by Gasteiger charge is -2.35. The fourth-order valence-corrected chi connectivity index (χ4v) is 5.85. The van der Waals surface area contributed by atoms with Gasteiger partial charge in [0.15, 0.2) is 0 Å². The van der Waals surface area contributed by atoms with E-state index in [1.165, 1.54) is 12.2 Å². The van der Waals surface area contributed by atoms with Crippen molar-refractivity contribution in [2.45, 2.75) is 24.7 Å². The second-order valence-corrected chi connectivity index (χ2v) is 10.0. The molecule has 0 radical (unpaired) electrons. The number of hydrogen-bond acceptors (Lipinski definition) is 4. The summed E-state index contributed by atoms with van der Waals surface area (Å²) < 4.78 is 61.9. The lowest BCUT2D eigenvalue weighted by Crippen LogP contribution is -2.47. The second kappa shape index (κ2) is 10.6. The van der Waals surface area contributed by atoms with Crippen LogP contribution in [0.25, 0.3) is 0 Å². The van der Waals surface area contributed by atoms with Gasteiger partial charge >= 0.3 is 6.18 Å². The van der Waals surface area contributed by atoms with Crippen molar-refractivity contribution in [3.8, 4) is 0 Å². The normalized spacial score (nSPS) is 35.3. The van der Waals surface area contributed by atoms with Crippen LogP contribution in [-0.2, 0) is 4.74 Å². The number of allylic oxidation sites excluding steroid dienone is 8. The van der Waals surface area contributed by atoms with Crippen molar-refractivity contribution >= 4 is 39.9 Å². The number of aliphatic hydroxyl groups is 1. The molecule has 0 spiro atoms. The zero-order valence-electron chi connectivity index (χ0n) is 17.9. The molecular formula is C24H24ClF4IN2O2. The van der Waals surface area contributed by atoms with E-state index in [1.807, 2.05) is 6.08 Å². The molecule has 0 amide bonds. The molecule has 4 rings (SSSR count). The van der Waals surface area contributed by atoms with Gasteiger partial charge in [0.2, 0.25) is 0 Å². The predicted molar refractivity (Wildman–Crippen MR) is 132 cm³/mol. The molecule has 7 unspecified atom stereocenters. The van der Waals surface area contributed by atoms with Gasteiger partial charge in [-0.25, -0.2) is 4.39 Å². The van der Waals surface area contributed by atoms with Crippen molar-refractivity contribution in [3.05, 3.63) is 71.3 Å². The number of nitrogens with zero attached hydrogens (tertiary/aromatic N) is 1. The molecule has 7 atom stereocenters. The fourth-order valence-electron chi connectivity index (χ4n) is 4.78. The van der Waals surface area contributed by atoms with Crippen LogP contribution >= 0.6 is 34.2 Å². The van der Waals surface area contributed by atoms with Crippen molar-refractivity contribution in [1.82, 2.24) is 5.43 Å². The molecule has 10 heteroatoms. The highest BCUT2D eigenvalue weighted by Gasteiger charge is 2.52. The summed E-state index contributed by atoms with van der Waals surface area (Å²) in [7, 11) is 0. The molecule has 2 N–H and O–H groups in total. The summed E-state index contributed by atoms with van der Waals surface area (Å²) >= 11 is 8.15. The van der Waals surface area contributed by atoms with Crippen molar-refractivity contribution in [1.29, 1.82) is 0 Å². The van der Waals surface area contributed by atoms with E-state index in [9.17, 15) is 22.7 Å². The maximum Gasteiger partial charge on any atom is 0.431 e. The fraction of sp³-hybridized carbons (Fsp3) is 0.458. The topological polar surface area (TPSA) is 53.9 Å². The summed E-state index contributed by atoms with van der Waals surface area (Å²) in [6, 6.07) is -0.770. The Bertz CT molecular complexity index is 1000. The van der Waals surface area contributed by atoms with Gasteiger partial charge in [0, 0.05) is 21.3 Å². The zero-order valence-corrected chi connectivity index (χ0v) is 20.8. The van der Waals surface area contributed by atoms with Gasteiger partial charge in [0.1, 0.15) is 17.3 Å². The maximum atomic E-state index is 14.3. The molecular weight excluding hydrogens is 587 g/mol. The van der Waals surface area contributed by atoms with Crippen LogP contribution in [0.2, 0.25) is 0 Å². The lowest BCUT2D eigenvalue weighted by molar-refractivity contribution is -0.0636. The van der Waals surface area contributed by atoms with Gasteiger partial charge in [0.25, 0.3) is 0 Å². The monoisotopic (exact) mass is 610 g/mol. The average Bonchev–Trinajstić information content (AvgIpc) is 3.24. The Morgan fingerprint density at radius 1 is 1.24 bits per heavy atom. The second-order valence-electron chi connectivity index (χ2n) is 8.69. The van der Waals surface area contributed by atoms with Gasteiger partial charge in [-0.15, -0.1) is 0 Å². The number of halogens is 6. The zero-order chi connectivity index (χ0) is 24.5. The molecule has 0 saturated heterocycles. The van der Waals surface area contributed by atoms with E-state index < -0.39 is 47.7 Å². The van der Waals surface area contributed by atoms with Gasteiger partial charge in [-0.2, -0.15) is 18.3 Å². The van der Waals surface area contributed by atoms with Crippen LogP contribution in [0.4, 0.5) is 17.6 Å². The molecule has 34 heavy (non-hydrogen) atoms. The number of hydrogen-bond donors (Lipinski definition) is 2. The molecule has 3 aliphatic carbocycles. The van der Waals surface area contributed by atoms with Crippen molar-refractivity contribution in [2.24, 2.45) is 34.7 Å². The summed E-state index contributed by atoms with van der Waals surface area (Å²) in [6.45, 7) is 0.0967. The van der Waals surface area contributed by atoms with Gasteiger partial charge in [0.05, 0.1) is 24.7 Å². The average molecular weight is 611 g/mol. The molecule has 4 nitrogen and oxygen atoms in total. The van der Waals surface area contributed by atoms with Crippen LogP contribution in [0.3, 0.4) is 0 Å². The number of hydrazone groups is 1. The van der Waals surface area contributed by atoms with E-state index in [0.717, 1.165) is 4.43 Å². The van der Waals surface area contributed by atoms with Crippen LogP contribution in [0.15, 0.2) is 76.4 Å². The first kappa shape index (κ1) is 25.5. The third-order valence-electron chi connectivity index (χ3n) is 6.60. The van der Waals surface area contributed by atoms with E-state index in [1.54, 1.807) is 36.5 Å². The molecule has 0 saturated carbocycles.